The molecule has 2 aromatic carbocycles. The Morgan fingerprint density at radius 2 is 1.48 bits per heavy atom. The van der Waals surface area contributed by atoms with E-state index in [2.05, 4.69) is 16.6 Å². The van der Waals surface area contributed by atoms with Crippen molar-refractivity contribution >= 4 is 17.9 Å². The third-order valence-corrected chi connectivity index (χ3v) is 8.09. The summed E-state index contributed by atoms with van der Waals surface area (Å²) >= 11 is 0. The number of esters is 3. The largest absolute Gasteiger partial charge is 0.467 e. The fourth-order valence-corrected chi connectivity index (χ4v) is 5.78. The van der Waals surface area contributed by atoms with Gasteiger partial charge < -0.3 is 42.6 Å². The molecule has 50 heavy (non-hydrogen) atoms. The molecule has 4 unspecified atom stereocenters. The number of hydrogen-bond donors (Lipinski definition) is 0. The number of nitrogens with zero attached hydrogens (tertiary/aromatic N) is 3. The molecule has 2 aliphatic rings. The Bertz CT molecular complexity index is 1460. The number of methoxy groups -OCH3 is 1. The van der Waals surface area contributed by atoms with E-state index in [9.17, 15) is 19.9 Å². The highest BCUT2D eigenvalue weighted by atomic mass is 16.8. The highest BCUT2D eigenvalue weighted by Crippen LogP contribution is 2.37. The molecule has 0 saturated carbocycles. The minimum Gasteiger partial charge on any atom is -0.467 e. The Kier molecular flexibility index (Phi) is 14.7. The van der Waals surface area contributed by atoms with Crippen molar-refractivity contribution in [1.82, 2.24) is 0 Å². The lowest BCUT2D eigenvalue weighted by Crippen LogP contribution is -2.65. The van der Waals surface area contributed by atoms with Crippen molar-refractivity contribution in [3.05, 3.63) is 94.9 Å². The molecule has 15 heteroatoms. The third-order valence-electron chi connectivity index (χ3n) is 8.09. The van der Waals surface area contributed by atoms with Gasteiger partial charge in [0.1, 0.15) is 37.1 Å². The van der Waals surface area contributed by atoms with Gasteiger partial charge in [-0.25, -0.2) is 4.79 Å². The Hall–Kier alpha value is -4.34. The van der Waals surface area contributed by atoms with Crippen molar-refractivity contribution < 1.29 is 57.0 Å². The normalized spacial score (nSPS) is 29.2. The molecule has 2 aromatic rings. The van der Waals surface area contributed by atoms with Crippen molar-refractivity contribution in [2.45, 2.75) is 89.2 Å². The molecular formula is C35H43N3O12. The van der Waals surface area contributed by atoms with Crippen LogP contribution in [0.25, 0.3) is 10.4 Å². The molecule has 0 N–H and O–H groups in total. The van der Waals surface area contributed by atoms with Crippen molar-refractivity contribution in [2.75, 3.05) is 20.3 Å². The van der Waals surface area contributed by atoms with Gasteiger partial charge in [-0.15, -0.1) is 6.58 Å². The number of rotatable bonds is 16. The molecule has 0 amide bonds. The van der Waals surface area contributed by atoms with Crippen LogP contribution in [0.2, 0.25) is 0 Å². The molecule has 0 aromatic heterocycles. The van der Waals surface area contributed by atoms with Gasteiger partial charge in [0.2, 0.25) is 0 Å². The van der Waals surface area contributed by atoms with E-state index in [4.69, 9.17) is 42.6 Å². The van der Waals surface area contributed by atoms with Gasteiger partial charge in [0, 0.05) is 24.7 Å². The second-order valence-corrected chi connectivity index (χ2v) is 11.7. The summed E-state index contributed by atoms with van der Waals surface area (Å²) in [6.45, 7) is 7.68. The zero-order chi connectivity index (χ0) is 36.0. The molecule has 0 spiro atoms. The number of ether oxygens (including phenoxy) is 9. The highest BCUT2D eigenvalue weighted by molar-refractivity contribution is 5.75. The van der Waals surface area contributed by atoms with Crippen LogP contribution in [0.4, 0.5) is 0 Å². The van der Waals surface area contributed by atoms with Crippen LogP contribution in [0, 0.1) is 5.92 Å². The quantitative estimate of drug-likeness (QED) is 0.0610. The first-order valence-electron chi connectivity index (χ1n) is 16.1. The molecule has 0 aliphatic carbocycles. The van der Waals surface area contributed by atoms with Crippen molar-refractivity contribution in [3.8, 4) is 0 Å². The van der Waals surface area contributed by atoms with E-state index in [0.29, 0.717) is 0 Å². The Labute approximate surface area is 290 Å². The molecule has 0 bridgehead atoms. The SMILES string of the molecule is C=CCO[C@@H]1OC(COC(C)=O)[C@H](O[C@@H]2OC(C(=O)OC)[C@H](C)[C@@H](OCc3ccccc3)C2OC(C)=O)C(OCc2ccccc2)[C@H]1N=[N+]=[N-]. The van der Waals surface area contributed by atoms with E-state index in [-0.39, 0.29) is 26.4 Å². The van der Waals surface area contributed by atoms with E-state index in [1.165, 1.54) is 27.0 Å². The topological polar surface area (TPSA) is 183 Å². The average Bonchev–Trinajstić information content (AvgIpc) is 3.11. The van der Waals surface area contributed by atoms with E-state index in [0.717, 1.165) is 11.1 Å². The zero-order valence-electron chi connectivity index (χ0n) is 28.4. The van der Waals surface area contributed by atoms with Crippen molar-refractivity contribution in [2.24, 2.45) is 11.0 Å². The smallest absolute Gasteiger partial charge is 0.335 e. The average molecular weight is 698 g/mol. The number of benzene rings is 2. The molecule has 2 aliphatic heterocycles. The molecule has 2 saturated heterocycles. The predicted molar refractivity (Wildman–Crippen MR) is 175 cm³/mol. The van der Waals surface area contributed by atoms with E-state index in [1.54, 1.807) is 6.92 Å². The fourth-order valence-electron chi connectivity index (χ4n) is 5.78. The molecule has 2 fully saturated rings. The lowest BCUT2D eigenvalue weighted by Gasteiger charge is -2.48. The van der Waals surface area contributed by atoms with Crippen LogP contribution in [-0.4, -0.2) is 93.5 Å². The van der Waals surface area contributed by atoms with Crippen LogP contribution in [0.1, 0.15) is 31.9 Å². The van der Waals surface area contributed by atoms with Gasteiger partial charge in [0.05, 0.1) is 26.9 Å². The summed E-state index contributed by atoms with van der Waals surface area (Å²) in [6.07, 6.45) is -7.96. The first-order chi connectivity index (χ1) is 24.2. The molecular weight excluding hydrogens is 654 g/mol. The summed E-state index contributed by atoms with van der Waals surface area (Å²) in [7, 11) is 1.22. The Morgan fingerprint density at radius 1 is 0.860 bits per heavy atom. The monoisotopic (exact) mass is 697 g/mol. The van der Waals surface area contributed by atoms with Crippen LogP contribution >= 0.6 is 0 Å². The molecule has 2 heterocycles. The van der Waals surface area contributed by atoms with Crippen LogP contribution in [0.3, 0.4) is 0 Å². The van der Waals surface area contributed by atoms with E-state index in [1.807, 2.05) is 60.7 Å². The van der Waals surface area contributed by atoms with Crippen molar-refractivity contribution in [3.63, 3.8) is 0 Å². The highest BCUT2D eigenvalue weighted by Gasteiger charge is 2.55. The fraction of sp³-hybridized carbons (Fsp3) is 0.514. The Morgan fingerprint density at radius 3 is 2.02 bits per heavy atom. The van der Waals surface area contributed by atoms with Crippen LogP contribution in [-0.2, 0) is 70.2 Å². The molecule has 15 nitrogen and oxygen atoms in total. The summed E-state index contributed by atoms with van der Waals surface area (Å²) in [6, 6.07) is 17.4. The second-order valence-electron chi connectivity index (χ2n) is 11.7. The van der Waals surface area contributed by atoms with Crippen LogP contribution in [0.15, 0.2) is 78.4 Å². The first kappa shape index (κ1) is 38.5. The number of carbonyl (C=O) groups excluding carboxylic acids is 3. The zero-order valence-corrected chi connectivity index (χ0v) is 28.4. The van der Waals surface area contributed by atoms with Crippen molar-refractivity contribution in [1.29, 1.82) is 0 Å². The number of azide groups is 1. The van der Waals surface area contributed by atoms with E-state index < -0.39 is 79.1 Å². The number of carbonyl (C=O) groups is 3. The molecule has 4 rings (SSSR count). The maximum absolute atomic E-state index is 13.1. The summed E-state index contributed by atoms with van der Waals surface area (Å²) < 4.78 is 53.7. The summed E-state index contributed by atoms with van der Waals surface area (Å²) in [5.41, 5.74) is 11.2. The van der Waals surface area contributed by atoms with E-state index >= 15 is 0 Å². The van der Waals surface area contributed by atoms with Gasteiger partial charge in [-0.1, -0.05) is 78.8 Å². The minimum atomic E-state index is -1.48. The predicted octanol–water partition coefficient (Wildman–Crippen LogP) is 4.18. The Balaban J connectivity index is 1.76. The minimum absolute atomic E-state index is 0.0265. The van der Waals surface area contributed by atoms with Gasteiger partial charge in [0.25, 0.3) is 0 Å². The first-order valence-corrected chi connectivity index (χ1v) is 16.1. The molecule has 270 valence electrons. The molecule has 10 atom stereocenters. The lowest BCUT2D eigenvalue weighted by molar-refractivity contribution is -0.344. The lowest BCUT2D eigenvalue weighted by atomic mass is 9.89. The maximum atomic E-state index is 13.1. The van der Waals surface area contributed by atoms with Crippen LogP contribution in [0.5, 0.6) is 0 Å². The van der Waals surface area contributed by atoms with Gasteiger partial charge >= 0.3 is 17.9 Å². The summed E-state index contributed by atoms with van der Waals surface area (Å²) in [5, 5.41) is 3.96. The standard InChI is InChI=1S/C35H43N3O12/c1-6-17-43-34-27(37-38-36)31(46-19-25-15-11-8-12-16-25)30(26(48-34)20-44-22(3)39)50-35-32(47-23(4)40)28(21(2)29(49-35)33(41)42-5)45-18-24-13-9-7-10-14-24/h6-16,21,26-32,34-35H,1,17-20H2,2-5H3/t21-,26?,27-,28-,29?,30+,31?,32?,34-,35+/m1/s1. The van der Waals surface area contributed by atoms with Gasteiger partial charge in [0.15, 0.2) is 24.8 Å². The van der Waals surface area contributed by atoms with Crippen LogP contribution < -0.4 is 0 Å². The maximum Gasteiger partial charge on any atom is 0.335 e. The van der Waals surface area contributed by atoms with Gasteiger partial charge in [-0.2, -0.15) is 0 Å². The van der Waals surface area contributed by atoms with Gasteiger partial charge in [-0.05, 0) is 16.7 Å². The van der Waals surface area contributed by atoms with Gasteiger partial charge in [-0.3, -0.25) is 9.59 Å². The molecule has 0 radical (unpaired) electrons. The second kappa shape index (κ2) is 19.2. The summed E-state index contributed by atoms with van der Waals surface area (Å²) in [5.74, 6) is -2.65. The third kappa shape index (κ3) is 10.3. The summed E-state index contributed by atoms with van der Waals surface area (Å²) in [4.78, 5) is 40.6. The number of hydrogen-bond acceptors (Lipinski definition) is 13.